The first-order valence-corrected chi connectivity index (χ1v) is 6.45. The lowest BCUT2D eigenvalue weighted by Crippen LogP contribution is -2.15. The van der Waals surface area contributed by atoms with E-state index in [-0.39, 0.29) is 11.8 Å². The van der Waals surface area contributed by atoms with Gasteiger partial charge in [0.05, 0.1) is 0 Å². The standard InChI is InChI=1S/C15H16N4O2/c1-9-8-14(17-10(2)16-9)15(21)19-13-6-4-12(5-7-13)18-11(3)20/h4-8H,1-3H3,(H,18,20)(H,19,21). The number of carbonyl (C=O) groups excluding carboxylic acids is 2. The molecule has 6 nitrogen and oxygen atoms in total. The van der Waals surface area contributed by atoms with E-state index in [1.54, 1.807) is 37.3 Å². The van der Waals surface area contributed by atoms with Crippen LogP contribution in [0.1, 0.15) is 28.9 Å². The number of hydrogen-bond acceptors (Lipinski definition) is 4. The SMILES string of the molecule is CC(=O)Nc1ccc(NC(=O)c2cc(C)nc(C)n2)cc1. The minimum atomic E-state index is -0.295. The van der Waals surface area contributed by atoms with Gasteiger partial charge in [0.25, 0.3) is 5.91 Å². The van der Waals surface area contributed by atoms with Crippen LogP contribution in [-0.4, -0.2) is 21.8 Å². The third kappa shape index (κ3) is 4.10. The summed E-state index contributed by atoms with van der Waals surface area (Å²) in [6, 6.07) is 8.49. The Morgan fingerprint density at radius 3 is 2.05 bits per heavy atom. The fourth-order valence-corrected chi connectivity index (χ4v) is 1.87. The molecule has 1 heterocycles. The van der Waals surface area contributed by atoms with Crippen molar-refractivity contribution in [3.8, 4) is 0 Å². The normalized spacial score (nSPS) is 10.0. The summed E-state index contributed by atoms with van der Waals surface area (Å²) in [6.45, 7) is 5.00. The molecule has 0 spiro atoms. The van der Waals surface area contributed by atoms with E-state index in [1.165, 1.54) is 6.92 Å². The minimum Gasteiger partial charge on any atom is -0.326 e. The van der Waals surface area contributed by atoms with Crippen molar-refractivity contribution in [1.82, 2.24) is 9.97 Å². The Hall–Kier alpha value is -2.76. The van der Waals surface area contributed by atoms with E-state index in [9.17, 15) is 9.59 Å². The zero-order valence-corrected chi connectivity index (χ0v) is 12.1. The predicted octanol–water partition coefficient (Wildman–Crippen LogP) is 2.30. The molecule has 6 heteroatoms. The maximum absolute atomic E-state index is 12.1. The van der Waals surface area contributed by atoms with Crippen molar-refractivity contribution < 1.29 is 9.59 Å². The summed E-state index contributed by atoms with van der Waals surface area (Å²) < 4.78 is 0. The Morgan fingerprint density at radius 1 is 0.952 bits per heavy atom. The number of anilines is 2. The van der Waals surface area contributed by atoms with Crippen LogP contribution < -0.4 is 10.6 Å². The summed E-state index contributed by atoms with van der Waals surface area (Å²) in [6.07, 6.45) is 0. The Labute approximate surface area is 122 Å². The molecule has 0 saturated heterocycles. The number of amides is 2. The van der Waals surface area contributed by atoms with Crippen molar-refractivity contribution in [2.75, 3.05) is 10.6 Å². The molecule has 1 aromatic heterocycles. The number of aryl methyl sites for hydroxylation is 2. The average Bonchev–Trinajstić information content (AvgIpc) is 2.39. The van der Waals surface area contributed by atoms with E-state index in [0.717, 1.165) is 5.69 Å². The number of hydrogen-bond donors (Lipinski definition) is 2. The number of carbonyl (C=O) groups is 2. The third-order valence-corrected chi connectivity index (χ3v) is 2.66. The van der Waals surface area contributed by atoms with Crippen molar-refractivity contribution in [2.45, 2.75) is 20.8 Å². The van der Waals surface area contributed by atoms with E-state index in [2.05, 4.69) is 20.6 Å². The smallest absolute Gasteiger partial charge is 0.274 e. The molecule has 0 atom stereocenters. The molecule has 2 amide bonds. The van der Waals surface area contributed by atoms with Gasteiger partial charge in [-0.25, -0.2) is 9.97 Å². The van der Waals surface area contributed by atoms with Gasteiger partial charge in [0, 0.05) is 24.0 Å². The van der Waals surface area contributed by atoms with Crippen molar-refractivity contribution in [3.05, 3.63) is 47.5 Å². The predicted molar refractivity (Wildman–Crippen MR) is 80.2 cm³/mol. The molecule has 1 aromatic carbocycles. The van der Waals surface area contributed by atoms with Gasteiger partial charge in [-0.3, -0.25) is 9.59 Å². The monoisotopic (exact) mass is 284 g/mol. The van der Waals surface area contributed by atoms with Crippen LogP contribution in [0.3, 0.4) is 0 Å². The van der Waals surface area contributed by atoms with Crippen LogP contribution in [0, 0.1) is 13.8 Å². The molecule has 108 valence electrons. The van der Waals surface area contributed by atoms with Crippen LogP contribution >= 0.6 is 0 Å². The lowest BCUT2D eigenvalue weighted by atomic mass is 10.2. The highest BCUT2D eigenvalue weighted by atomic mass is 16.2. The molecule has 0 fully saturated rings. The maximum atomic E-state index is 12.1. The van der Waals surface area contributed by atoms with E-state index in [4.69, 9.17) is 0 Å². The first-order valence-electron chi connectivity index (χ1n) is 6.45. The molecule has 2 aromatic rings. The zero-order valence-electron chi connectivity index (χ0n) is 12.1. The van der Waals surface area contributed by atoms with Gasteiger partial charge < -0.3 is 10.6 Å². The lowest BCUT2D eigenvalue weighted by molar-refractivity contribution is -0.114. The second-order valence-electron chi connectivity index (χ2n) is 4.65. The van der Waals surface area contributed by atoms with E-state index < -0.39 is 0 Å². The Bertz CT molecular complexity index is 660. The highest BCUT2D eigenvalue weighted by Crippen LogP contribution is 2.14. The van der Waals surface area contributed by atoms with Crippen molar-refractivity contribution >= 4 is 23.2 Å². The van der Waals surface area contributed by atoms with Gasteiger partial charge >= 0.3 is 0 Å². The van der Waals surface area contributed by atoms with Crippen LogP contribution in [0.5, 0.6) is 0 Å². The molecule has 0 bridgehead atoms. The van der Waals surface area contributed by atoms with Gasteiger partial charge in [0.2, 0.25) is 5.91 Å². The van der Waals surface area contributed by atoms with Crippen LogP contribution in [0.2, 0.25) is 0 Å². The summed E-state index contributed by atoms with van der Waals surface area (Å²) in [5.74, 6) is 0.121. The Morgan fingerprint density at radius 2 is 1.52 bits per heavy atom. The molecule has 2 N–H and O–H groups in total. The summed E-state index contributed by atoms with van der Waals surface area (Å²) in [5.41, 5.74) is 2.37. The molecule has 21 heavy (non-hydrogen) atoms. The summed E-state index contributed by atoms with van der Waals surface area (Å²) >= 11 is 0. The first-order chi connectivity index (χ1) is 9.94. The van der Waals surface area contributed by atoms with Gasteiger partial charge in [-0.15, -0.1) is 0 Å². The first kappa shape index (κ1) is 14.6. The molecule has 0 aliphatic carbocycles. The highest BCUT2D eigenvalue weighted by molar-refractivity contribution is 6.03. The third-order valence-electron chi connectivity index (χ3n) is 2.66. The number of nitrogens with one attached hydrogen (secondary N) is 2. The topological polar surface area (TPSA) is 84.0 Å². The second kappa shape index (κ2) is 6.13. The van der Waals surface area contributed by atoms with Crippen LogP contribution in [0.15, 0.2) is 30.3 Å². The average molecular weight is 284 g/mol. The molecule has 2 rings (SSSR count). The number of nitrogens with zero attached hydrogens (tertiary/aromatic N) is 2. The van der Waals surface area contributed by atoms with Crippen molar-refractivity contribution in [2.24, 2.45) is 0 Å². The van der Waals surface area contributed by atoms with Gasteiger partial charge in [-0.1, -0.05) is 0 Å². The van der Waals surface area contributed by atoms with Gasteiger partial charge in [0.1, 0.15) is 11.5 Å². The largest absolute Gasteiger partial charge is 0.326 e. The minimum absolute atomic E-state index is 0.140. The quantitative estimate of drug-likeness (QED) is 0.905. The van der Waals surface area contributed by atoms with Crippen LogP contribution in [-0.2, 0) is 4.79 Å². The summed E-state index contributed by atoms with van der Waals surface area (Å²) in [7, 11) is 0. The van der Waals surface area contributed by atoms with Crippen LogP contribution in [0.25, 0.3) is 0 Å². The Balaban J connectivity index is 2.10. The summed E-state index contributed by atoms with van der Waals surface area (Å²) in [5, 5.41) is 5.41. The molecule has 0 unspecified atom stereocenters. The van der Waals surface area contributed by atoms with E-state index in [0.29, 0.717) is 22.9 Å². The molecular weight excluding hydrogens is 268 g/mol. The molecular formula is C15H16N4O2. The summed E-state index contributed by atoms with van der Waals surface area (Å²) in [4.78, 5) is 31.3. The molecule has 0 aliphatic rings. The highest BCUT2D eigenvalue weighted by Gasteiger charge is 2.09. The molecule has 0 saturated carbocycles. The Kier molecular flexibility index (Phi) is 4.27. The van der Waals surface area contributed by atoms with E-state index in [1.807, 2.05) is 6.92 Å². The second-order valence-corrected chi connectivity index (χ2v) is 4.65. The maximum Gasteiger partial charge on any atom is 0.274 e. The number of aromatic nitrogens is 2. The van der Waals surface area contributed by atoms with Crippen LogP contribution in [0.4, 0.5) is 11.4 Å². The zero-order chi connectivity index (χ0) is 15.4. The van der Waals surface area contributed by atoms with Crippen molar-refractivity contribution in [3.63, 3.8) is 0 Å². The van der Waals surface area contributed by atoms with Crippen molar-refractivity contribution in [1.29, 1.82) is 0 Å². The fourth-order valence-electron chi connectivity index (χ4n) is 1.87. The molecule has 0 radical (unpaired) electrons. The number of rotatable bonds is 3. The van der Waals surface area contributed by atoms with Gasteiger partial charge in [-0.2, -0.15) is 0 Å². The fraction of sp³-hybridized carbons (Fsp3) is 0.200. The lowest BCUT2D eigenvalue weighted by Gasteiger charge is -2.07. The molecule has 0 aliphatic heterocycles. The van der Waals surface area contributed by atoms with E-state index >= 15 is 0 Å². The van der Waals surface area contributed by atoms with Gasteiger partial charge in [0.15, 0.2) is 0 Å². The number of benzene rings is 1. The van der Waals surface area contributed by atoms with Gasteiger partial charge in [-0.05, 0) is 44.2 Å².